The molecule has 1 heterocycles. The van der Waals surface area contributed by atoms with Gasteiger partial charge in [0, 0.05) is 12.1 Å². The molecule has 2 fully saturated rings. The number of nitrogens with one attached hydrogen (secondary N) is 1. The summed E-state index contributed by atoms with van der Waals surface area (Å²) >= 11 is 0. The van der Waals surface area contributed by atoms with E-state index in [0.717, 1.165) is 25.7 Å². The number of hydrogen-bond donors (Lipinski definition) is 1. The Labute approximate surface area is 85.6 Å². The molecule has 0 unspecified atom stereocenters. The first-order chi connectivity index (χ1) is 6.93. The molecular formula is C9H13F3N2O. The second-order valence-corrected chi connectivity index (χ2v) is 4.25. The van der Waals surface area contributed by atoms with Crippen molar-refractivity contribution in [2.75, 3.05) is 13.1 Å². The van der Waals surface area contributed by atoms with Gasteiger partial charge in [0.25, 0.3) is 0 Å². The third-order valence-corrected chi connectivity index (χ3v) is 3.34. The number of likely N-dealkylation sites (tertiary alicyclic amines) is 1. The normalized spacial score (nSPS) is 23.3. The second-order valence-electron chi connectivity index (χ2n) is 4.25. The van der Waals surface area contributed by atoms with Crippen molar-refractivity contribution in [1.29, 1.82) is 0 Å². The number of carbonyl (C=O) groups is 1. The van der Waals surface area contributed by atoms with Crippen molar-refractivity contribution in [3.8, 4) is 0 Å². The molecule has 0 radical (unpaired) electrons. The molecule has 1 spiro atoms. The van der Waals surface area contributed by atoms with Crippen LogP contribution < -0.4 is 5.32 Å². The molecule has 1 aliphatic heterocycles. The fraction of sp³-hybridized carbons (Fsp3) is 0.889. The minimum Gasteiger partial charge on any atom is -0.329 e. The van der Waals surface area contributed by atoms with Gasteiger partial charge < -0.3 is 10.2 Å². The maximum Gasteiger partial charge on any atom is 0.405 e. The number of halogens is 3. The van der Waals surface area contributed by atoms with Crippen molar-refractivity contribution in [3.05, 3.63) is 0 Å². The number of alkyl halides is 3. The molecule has 1 aliphatic carbocycles. The van der Waals surface area contributed by atoms with Gasteiger partial charge in [0.1, 0.15) is 6.54 Å². The van der Waals surface area contributed by atoms with Crippen LogP contribution in [0.3, 0.4) is 0 Å². The summed E-state index contributed by atoms with van der Waals surface area (Å²) in [5.74, 6) is 0. The third kappa shape index (κ3) is 1.89. The van der Waals surface area contributed by atoms with E-state index in [2.05, 4.69) is 0 Å². The Morgan fingerprint density at radius 3 is 2.33 bits per heavy atom. The predicted molar refractivity (Wildman–Crippen MR) is 47.4 cm³/mol. The highest BCUT2D eigenvalue weighted by atomic mass is 19.4. The van der Waals surface area contributed by atoms with E-state index in [1.54, 1.807) is 4.90 Å². The van der Waals surface area contributed by atoms with Gasteiger partial charge in [0.2, 0.25) is 0 Å². The number of urea groups is 1. The maximum absolute atomic E-state index is 11.9. The summed E-state index contributed by atoms with van der Waals surface area (Å²) in [6.45, 7) is -0.651. The lowest BCUT2D eigenvalue weighted by atomic mass is 9.68. The van der Waals surface area contributed by atoms with Gasteiger partial charge in [0.05, 0.1) is 0 Å². The monoisotopic (exact) mass is 222 g/mol. The average Bonchev–Trinajstić information content (AvgIpc) is 1.94. The number of carbonyl (C=O) groups excluding carboxylic acids is 1. The standard InChI is InChI=1S/C9H13F3N2O/c10-9(11,12)6-13-7(15)14-5-4-8(14)2-1-3-8/h1-6H2,(H,13,15). The van der Waals surface area contributed by atoms with Crippen molar-refractivity contribution in [2.45, 2.75) is 37.4 Å². The highest BCUT2D eigenvalue weighted by molar-refractivity contribution is 5.76. The van der Waals surface area contributed by atoms with E-state index in [0.29, 0.717) is 6.54 Å². The topological polar surface area (TPSA) is 32.3 Å². The van der Waals surface area contributed by atoms with Crippen LogP contribution in [0.2, 0.25) is 0 Å². The smallest absolute Gasteiger partial charge is 0.329 e. The summed E-state index contributed by atoms with van der Waals surface area (Å²) in [6, 6.07) is -0.571. The Hall–Kier alpha value is -0.940. The summed E-state index contributed by atoms with van der Waals surface area (Å²) in [4.78, 5) is 12.9. The first-order valence-electron chi connectivity index (χ1n) is 5.05. The van der Waals surface area contributed by atoms with Gasteiger partial charge in [-0.3, -0.25) is 0 Å². The van der Waals surface area contributed by atoms with Crippen molar-refractivity contribution in [3.63, 3.8) is 0 Å². The van der Waals surface area contributed by atoms with Gasteiger partial charge in [-0.25, -0.2) is 4.79 Å². The number of hydrogen-bond acceptors (Lipinski definition) is 1. The summed E-state index contributed by atoms with van der Waals surface area (Å²) in [5.41, 5.74) is -0.0876. The Kier molecular flexibility index (Phi) is 2.31. The van der Waals surface area contributed by atoms with E-state index in [4.69, 9.17) is 0 Å². The first-order valence-corrected chi connectivity index (χ1v) is 5.05. The van der Waals surface area contributed by atoms with Crippen LogP contribution in [0.25, 0.3) is 0 Å². The van der Waals surface area contributed by atoms with Crippen LogP contribution in [0, 0.1) is 0 Å². The minimum atomic E-state index is -4.33. The third-order valence-electron chi connectivity index (χ3n) is 3.34. The lowest BCUT2D eigenvalue weighted by Crippen LogP contribution is -2.67. The van der Waals surface area contributed by atoms with Crippen molar-refractivity contribution < 1.29 is 18.0 Å². The molecule has 1 saturated carbocycles. The SMILES string of the molecule is O=C(NCC(F)(F)F)N1CCC12CCC2. The lowest BCUT2D eigenvalue weighted by molar-refractivity contribution is -0.124. The fourth-order valence-electron chi connectivity index (χ4n) is 2.23. The van der Waals surface area contributed by atoms with E-state index < -0.39 is 18.8 Å². The van der Waals surface area contributed by atoms with Crippen LogP contribution in [-0.4, -0.2) is 35.7 Å². The van der Waals surface area contributed by atoms with Crippen LogP contribution in [0.5, 0.6) is 0 Å². The largest absolute Gasteiger partial charge is 0.405 e. The molecule has 15 heavy (non-hydrogen) atoms. The van der Waals surface area contributed by atoms with E-state index in [-0.39, 0.29) is 5.54 Å². The Balaban J connectivity index is 1.82. The second kappa shape index (κ2) is 3.28. The molecule has 1 N–H and O–H groups in total. The van der Waals surface area contributed by atoms with Gasteiger partial charge in [-0.15, -0.1) is 0 Å². The van der Waals surface area contributed by atoms with Crippen molar-refractivity contribution in [1.82, 2.24) is 10.2 Å². The fourth-order valence-corrected chi connectivity index (χ4v) is 2.23. The van der Waals surface area contributed by atoms with Crippen LogP contribution in [-0.2, 0) is 0 Å². The Morgan fingerprint density at radius 2 is 2.00 bits per heavy atom. The molecule has 0 atom stereocenters. The quantitative estimate of drug-likeness (QED) is 0.721. The average molecular weight is 222 g/mol. The zero-order valence-corrected chi connectivity index (χ0v) is 8.23. The van der Waals surface area contributed by atoms with E-state index >= 15 is 0 Å². The summed E-state index contributed by atoms with van der Waals surface area (Å²) in [6.07, 6.45) is -0.443. The molecule has 0 aromatic rings. The van der Waals surface area contributed by atoms with Crippen LogP contribution in [0.15, 0.2) is 0 Å². The predicted octanol–water partition coefficient (Wildman–Crippen LogP) is 1.89. The Morgan fingerprint density at radius 1 is 1.33 bits per heavy atom. The molecule has 0 aromatic heterocycles. The van der Waals surface area contributed by atoms with Gasteiger partial charge in [-0.05, 0) is 25.7 Å². The number of amides is 2. The van der Waals surface area contributed by atoms with Gasteiger partial charge in [-0.2, -0.15) is 13.2 Å². The maximum atomic E-state index is 11.9. The number of rotatable bonds is 1. The minimum absolute atomic E-state index is 0.0876. The van der Waals surface area contributed by atoms with Crippen LogP contribution in [0.4, 0.5) is 18.0 Å². The molecule has 2 amide bonds. The molecule has 1 saturated heterocycles. The summed E-state index contributed by atoms with van der Waals surface area (Å²) in [7, 11) is 0. The van der Waals surface area contributed by atoms with Crippen molar-refractivity contribution >= 4 is 6.03 Å². The molecule has 86 valence electrons. The molecule has 6 heteroatoms. The molecular weight excluding hydrogens is 209 g/mol. The molecule has 0 aromatic carbocycles. The first kappa shape index (κ1) is 10.6. The van der Waals surface area contributed by atoms with Gasteiger partial charge in [-0.1, -0.05) is 0 Å². The van der Waals surface area contributed by atoms with Crippen LogP contribution >= 0.6 is 0 Å². The molecule has 0 bridgehead atoms. The van der Waals surface area contributed by atoms with Crippen molar-refractivity contribution in [2.24, 2.45) is 0 Å². The van der Waals surface area contributed by atoms with E-state index in [1.165, 1.54) is 0 Å². The molecule has 2 rings (SSSR count). The van der Waals surface area contributed by atoms with Gasteiger partial charge in [0.15, 0.2) is 0 Å². The van der Waals surface area contributed by atoms with E-state index in [1.807, 2.05) is 5.32 Å². The summed E-state index contributed by atoms with van der Waals surface area (Å²) < 4.78 is 35.6. The van der Waals surface area contributed by atoms with Crippen LogP contribution in [0.1, 0.15) is 25.7 Å². The van der Waals surface area contributed by atoms with Gasteiger partial charge >= 0.3 is 12.2 Å². The Bertz CT molecular complexity index is 268. The molecule has 3 nitrogen and oxygen atoms in total. The van der Waals surface area contributed by atoms with E-state index in [9.17, 15) is 18.0 Å². The zero-order valence-electron chi connectivity index (χ0n) is 8.23. The summed E-state index contributed by atoms with van der Waals surface area (Å²) in [5, 5.41) is 1.91. The highest BCUT2D eigenvalue weighted by Crippen LogP contribution is 2.46. The highest BCUT2D eigenvalue weighted by Gasteiger charge is 2.51. The zero-order chi connectivity index (χ0) is 11.1. The lowest BCUT2D eigenvalue weighted by Gasteiger charge is -2.58. The number of nitrogens with zero attached hydrogens (tertiary/aromatic N) is 1. The molecule has 2 aliphatic rings.